The van der Waals surface area contributed by atoms with Crippen LogP contribution in [0.3, 0.4) is 0 Å². The number of benzene rings is 1. The molecule has 4 aromatic rings. The third kappa shape index (κ3) is 3.57. The molecule has 8 heteroatoms. The first-order valence-electron chi connectivity index (χ1n) is 8.80. The van der Waals surface area contributed by atoms with Crippen LogP contribution in [0.15, 0.2) is 59.5 Å². The molecule has 0 radical (unpaired) electrons. The summed E-state index contributed by atoms with van der Waals surface area (Å²) in [4.78, 5) is 12.7. The van der Waals surface area contributed by atoms with Gasteiger partial charge in [-0.1, -0.05) is 6.07 Å². The fraction of sp³-hybridized carbons (Fsp3) is 0.200. The maximum Gasteiger partial charge on any atom is 0.202 e. The summed E-state index contributed by atoms with van der Waals surface area (Å²) in [6, 6.07) is 12.9. The minimum atomic E-state index is -0.0772. The van der Waals surface area contributed by atoms with Crippen molar-refractivity contribution < 1.29 is 13.9 Å². The van der Waals surface area contributed by atoms with Crippen LogP contribution in [0.4, 0.5) is 0 Å². The van der Waals surface area contributed by atoms with Crippen LogP contribution in [-0.2, 0) is 6.54 Å². The molecule has 0 N–H and O–H groups in total. The predicted molar refractivity (Wildman–Crippen MR) is 101 cm³/mol. The molecule has 0 aliphatic heterocycles. The lowest BCUT2D eigenvalue weighted by atomic mass is 10.1. The van der Waals surface area contributed by atoms with Crippen LogP contribution in [0.5, 0.6) is 5.75 Å². The molecule has 3 aromatic heterocycles. The molecule has 1 aromatic carbocycles. The largest absolute Gasteiger partial charge is 0.485 e. The number of aryl methyl sites for hydroxylation is 1. The van der Waals surface area contributed by atoms with E-state index in [9.17, 15) is 4.79 Å². The third-order valence-electron chi connectivity index (χ3n) is 4.57. The van der Waals surface area contributed by atoms with Gasteiger partial charge in [-0.25, -0.2) is 4.68 Å². The van der Waals surface area contributed by atoms with Gasteiger partial charge in [0.15, 0.2) is 6.61 Å². The first kappa shape index (κ1) is 17.7. The number of Topliss-reactive ketones (excluding diaryl/α,β-unsaturated/α-hetero) is 1. The van der Waals surface area contributed by atoms with Gasteiger partial charge in [-0.3, -0.25) is 4.79 Å². The highest BCUT2D eigenvalue weighted by atomic mass is 16.5. The van der Waals surface area contributed by atoms with E-state index in [0.29, 0.717) is 17.9 Å². The van der Waals surface area contributed by atoms with Crippen LogP contribution in [0.1, 0.15) is 27.5 Å². The lowest BCUT2D eigenvalue weighted by molar-refractivity contribution is 0.0920. The minimum absolute atomic E-state index is 0.0515. The smallest absolute Gasteiger partial charge is 0.202 e. The van der Waals surface area contributed by atoms with Gasteiger partial charge in [0.25, 0.3) is 0 Å². The van der Waals surface area contributed by atoms with Crippen molar-refractivity contribution in [1.82, 2.24) is 24.8 Å². The number of ketones is 1. The van der Waals surface area contributed by atoms with Crippen LogP contribution in [0, 0.1) is 13.8 Å². The molecule has 0 saturated carbocycles. The molecular weight excluding hydrogens is 358 g/mol. The van der Waals surface area contributed by atoms with E-state index in [1.54, 1.807) is 18.4 Å². The zero-order valence-electron chi connectivity index (χ0n) is 15.6. The fourth-order valence-corrected chi connectivity index (χ4v) is 3.11. The highest BCUT2D eigenvalue weighted by Gasteiger charge is 2.17. The van der Waals surface area contributed by atoms with Gasteiger partial charge in [-0.15, -0.1) is 5.10 Å². The van der Waals surface area contributed by atoms with Crippen molar-refractivity contribution in [2.75, 3.05) is 6.61 Å². The van der Waals surface area contributed by atoms with Crippen LogP contribution < -0.4 is 4.74 Å². The van der Waals surface area contributed by atoms with Crippen LogP contribution >= 0.6 is 0 Å². The average molecular weight is 377 g/mol. The second-order valence-electron chi connectivity index (χ2n) is 6.41. The molecule has 0 spiro atoms. The summed E-state index contributed by atoms with van der Waals surface area (Å²) < 4.78 is 14.7. The van der Waals surface area contributed by atoms with Gasteiger partial charge in [0.2, 0.25) is 5.78 Å². The Labute approximate surface area is 161 Å². The Morgan fingerprint density at radius 1 is 1.18 bits per heavy atom. The third-order valence-corrected chi connectivity index (χ3v) is 4.57. The summed E-state index contributed by atoms with van der Waals surface area (Å²) in [6.07, 6.45) is 3.14. The Bertz CT molecular complexity index is 1080. The SMILES string of the molecule is Cc1cc(C(=O)COc2cccc(-n3cnnn3)c2)c(C)n1Cc1ccco1. The molecule has 0 unspecified atom stereocenters. The lowest BCUT2D eigenvalue weighted by Gasteiger charge is -2.09. The van der Waals surface area contributed by atoms with E-state index in [4.69, 9.17) is 9.15 Å². The molecule has 8 nitrogen and oxygen atoms in total. The van der Waals surface area contributed by atoms with E-state index in [2.05, 4.69) is 20.1 Å². The topological polar surface area (TPSA) is 88.0 Å². The minimum Gasteiger partial charge on any atom is -0.485 e. The van der Waals surface area contributed by atoms with Crippen molar-refractivity contribution in [3.05, 3.63) is 77.8 Å². The van der Waals surface area contributed by atoms with E-state index in [-0.39, 0.29) is 12.4 Å². The highest BCUT2D eigenvalue weighted by molar-refractivity contribution is 5.98. The zero-order valence-corrected chi connectivity index (χ0v) is 15.6. The first-order chi connectivity index (χ1) is 13.6. The Hall–Kier alpha value is -3.68. The average Bonchev–Trinajstić information content (AvgIpc) is 3.45. The first-order valence-corrected chi connectivity index (χ1v) is 8.80. The molecule has 28 heavy (non-hydrogen) atoms. The molecule has 0 atom stereocenters. The van der Waals surface area contributed by atoms with E-state index in [1.807, 2.05) is 44.2 Å². The fourth-order valence-electron chi connectivity index (χ4n) is 3.11. The van der Waals surface area contributed by atoms with Gasteiger partial charge < -0.3 is 13.7 Å². The molecule has 0 aliphatic carbocycles. The second-order valence-corrected chi connectivity index (χ2v) is 6.41. The van der Waals surface area contributed by atoms with Crippen LogP contribution in [-0.4, -0.2) is 37.2 Å². The number of nitrogens with zero attached hydrogens (tertiary/aromatic N) is 5. The van der Waals surface area contributed by atoms with Gasteiger partial charge in [-0.2, -0.15) is 0 Å². The standard InChI is InChI=1S/C20H19N5O3/c1-14-9-19(15(2)24(14)11-18-7-4-8-27-18)20(26)12-28-17-6-3-5-16(10-17)25-13-21-22-23-25/h3-10,13H,11-12H2,1-2H3. The Balaban J connectivity index is 1.47. The Morgan fingerprint density at radius 2 is 2.07 bits per heavy atom. The molecule has 0 fully saturated rings. The molecule has 3 heterocycles. The Kier molecular flexibility index (Phi) is 4.76. The molecule has 4 rings (SSSR count). The summed E-state index contributed by atoms with van der Waals surface area (Å²) >= 11 is 0. The molecule has 0 bridgehead atoms. The summed E-state index contributed by atoms with van der Waals surface area (Å²) in [5, 5.41) is 11.1. The van der Waals surface area contributed by atoms with Crippen LogP contribution in [0.25, 0.3) is 5.69 Å². The van der Waals surface area contributed by atoms with Gasteiger partial charge in [0.05, 0.1) is 18.5 Å². The monoisotopic (exact) mass is 377 g/mol. The van der Waals surface area contributed by atoms with Gasteiger partial charge in [0, 0.05) is 23.0 Å². The quantitative estimate of drug-likeness (QED) is 0.460. The van der Waals surface area contributed by atoms with Gasteiger partial charge in [-0.05, 0) is 54.6 Å². The van der Waals surface area contributed by atoms with E-state index < -0.39 is 0 Å². The Morgan fingerprint density at radius 3 is 2.82 bits per heavy atom. The van der Waals surface area contributed by atoms with Crippen molar-refractivity contribution in [3.63, 3.8) is 0 Å². The number of hydrogen-bond donors (Lipinski definition) is 0. The van der Waals surface area contributed by atoms with Crippen molar-refractivity contribution in [2.24, 2.45) is 0 Å². The molecule has 0 amide bonds. The number of carbonyl (C=O) groups excluding carboxylic acids is 1. The van der Waals surface area contributed by atoms with E-state index >= 15 is 0 Å². The number of hydrogen-bond acceptors (Lipinski definition) is 6. The maximum atomic E-state index is 12.7. The molecular formula is C20H19N5O3. The number of ether oxygens (including phenoxy) is 1. The number of tetrazole rings is 1. The number of furan rings is 1. The molecule has 0 saturated heterocycles. The number of carbonyl (C=O) groups is 1. The summed E-state index contributed by atoms with van der Waals surface area (Å²) in [7, 11) is 0. The van der Waals surface area contributed by atoms with Crippen molar-refractivity contribution in [2.45, 2.75) is 20.4 Å². The summed E-state index contributed by atoms with van der Waals surface area (Å²) in [5.74, 6) is 1.34. The van der Waals surface area contributed by atoms with E-state index in [1.165, 1.54) is 11.0 Å². The molecule has 142 valence electrons. The van der Waals surface area contributed by atoms with Crippen molar-refractivity contribution in [3.8, 4) is 11.4 Å². The summed E-state index contributed by atoms with van der Waals surface area (Å²) in [6.45, 7) is 4.45. The lowest BCUT2D eigenvalue weighted by Crippen LogP contribution is -2.13. The maximum absolute atomic E-state index is 12.7. The predicted octanol–water partition coefficient (Wildman–Crippen LogP) is 2.98. The highest BCUT2D eigenvalue weighted by Crippen LogP contribution is 2.20. The number of aromatic nitrogens is 5. The van der Waals surface area contributed by atoms with E-state index in [0.717, 1.165) is 22.8 Å². The van der Waals surface area contributed by atoms with Gasteiger partial charge >= 0.3 is 0 Å². The van der Waals surface area contributed by atoms with Crippen molar-refractivity contribution in [1.29, 1.82) is 0 Å². The zero-order chi connectivity index (χ0) is 19.5. The van der Waals surface area contributed by atoms with Gasteiger partial charge in [0.1, 0.15) is 17.8 Å². The molecule has 0 aliphatic rings. The normalized spacial score (nSPS) is 10.9. The second kappa shape index (κ2) is 7.51. The van der Waals surface area contributed by atoms with Crippen molar-refractivity contribution >= 4 is 5.78 Å². The number of rotatable bonds is 7. The summed E-state index contributed by atoms with van der Waals surface area (Å²) in [5.41, 5.74) is 3.30. The van der Waals surface area contributed by atoms with Crippen LogP contribution in [0.2, 0.25) is 0 Å².